The molecule has 0 atom stereocenters. The summed E-state index contributed by atoms with van der Waals surface area (Å²) >= 11 is 0. The highest BCUT2D eigenvalue weighted by atomic mass is 16.5. The van der Waals surface area contributed by atoms with Crippen molar-refractivity contribution in [2.24, 2.45) is 5.73 Å². The minimum absolute atomic E-state index is 0.415. The van der Waals surface area contributed by atoms with Gasteiger partial charge in [0.15, 0.2) is 11.4 Å². The van der Waals surface area contributed by atoms with Gasteiger partial charge >= 0.3 is 0 Å². The van der Waals surface area contributed by atoms with Gasteiger partial charge in [0.2, 0.25) is 5.88 Å². The van der Waals surface area contributed by atoms with Crippen molar-refractivity contribution in [3.05, 3.63) is 36.7 Å². The number of imidazole rings is 1. The summed E-state index contributed by atoms with van der Waals surface area (Å²) in [6.45, 7) is 2.92. The third-order valence-corrected chi connectivity index (χ3v) is 4.79. The third-order valence-electron chi connectivity index (χ3n) is 4.79. The summed E-state index contributed by atoms with van der Waals surface area (Å²) < 4.78 is 13.4. The Morgan fingerprint density at radius 1 is 1.17 bits per heavy atom. The van der Waals surface area contributed by atoms with Crippen molar-refractivity contribution in [3.63, 3.8) is 0 Å². The number of hydrogen-bond donors (Lipinski definition) is 2. The summed E-state index contributed by atoms with van der Waals surface area (Å²) in [6.07, 6.45) is 5.96. The molecule has 0 amide bonds. The van der Waals surface area contributed by atoms with Crippen LogP contribution in [0, 0.1) is 0 Å². The van der Waals surface area contributed by atoms with Crippen LogP contribution in [0.25, 0.3) is 28.1 Å². The van der Waals surface area contributed by atoms with E-state index in [4.69, 9.17) is 14.9 Å². The molecule has 158 valence electrons. The summed E-state index contributed by atoms with van der Waals surface area (Å²) in [5.74, 6) is 2.19. The van der Waals surface area contributed by atoms with Crippen molar-refractivity contribution in [3.8, 4) is 17.3 Å². The van der Waals surface area contributed by atoms with Crippen LogP contribution in [0.5, 0.6) is 5.88 Å². The number of rotatable bonds is 5. The molecule has 0 aromatic carbocycles. The molecule has 0 unspecified atom stereocenters. The van der Waals surface area contributed by atoms with Gasteiger partial charge in [-0.3, -0.25) is 0 Å². The second-order valence-electron chi connectivity index (χ2n) is 7.07. The second-order valence-corrected chi connectivity index (χ2v) is 7.07. The van der Waals surface area contributed by atoms with Gasteiger partial charge in [0.25, 0.3) is 0 Å². The smallest absolute Gasteiger partial charge is 0.231 e. The minimum Gasteiger partial charge on any atom is -0.475 e. The molecule has 0 spiro atoms. The van der Waals surface area contributed by atoms with Crippen LogP contribution in [0.3, 0.4) is 0 Å². The van der Waals surface area contributed by atoms with Crippen LogP contribution < -0.4 is 20.7 Å². The van der Waals surface area contributed by atoms with E-state index in [0.29, 0.717) is 24.8 Å². The molecule has 1 fully saturated rings. The monoisotopic (exact) mass is 409 g/mol. The van der Waals surface area contributed by atoms with Gasteiger partial charge in [-0.25, -0.2) is 14.5 Å². The number of anilines is 1. The van der Waals surface area contributed by atoms with Crippen LogP contribution in [0.15, 0.2) is 41.1 Å². The van der Waals surface area contributed by atoms with Crippen molar-refractivity contribution in [2.45, 2.75) is 12.8 Å². The Morgan fingerprint density at radius 3 is 2.73 bits per heavy atom. The standard InChI is InChI=1S/C19H20N6O2.C2H7N/c20-6-10-26-18-4-3-17-22-12-14(25(17)23-18)16-11-13-15(27-16)5-7-21-19(13)24-8-1-2-9-24;1-3-2/h3-5,7,11-12H,1-2,6,8-10,20H2;3H,1-2H3. The molecule has 1 aliphatic rings. The lowest BCUT2D eigenvalue weighted by Gasteiger charge is -2.16. The molecule has 1 saturated heterocycles. The molecule has 0 aliphatic carbocycles. The van der Waals surface area contributed by atoms with Gasteiger partial charge in [-0.1, -0.05) is 0 Å². The number of nitrogens with one attached hydrogen (secondary N) is 1. The average Bonchev–Trinajstić information content (AvgIpc) is 3.51. The molecular weight excluding hydrogens is 382 g/mol. The number of aromatic nitrogens is 4. The Kier molecular flexibility index (Phi) is 6.10. The van der Waals surface area contributed by atoms with Crippen LogP contribution in [0.4, 0.5) is 5.82 Å². The summed E-state index contributed by atoms with van der Waals surface area (Å²) in [7, 11) is 3.75. The first kappa shape index (κ1) is 20.1. The first-order valence-electron chi connectivity index (χ1n) is 10.1. The van der Waals surface area contributed by atoms with E-state index in [9.17, 15) is 0 Å². The highest BCUT2D eigenvalue weighted by Gasteiger charge is 2.20. The van der Waals surface area contributed by atoms with Crippen molar-refractivity contribution < 1.29 is 9.15 Å². The number of hydrogen-bond acceptors (Lipinski definition) is 8. The number of pyridine rings is 1. The average molecular weight is 409 g/mol. The normalized spacial score (nSPS) is 13.6. The zero-order chi connectivity index (χ0) is 20.9. The number of fused-ring (bicyclic) bond motifs is 2. The quantitative estimate of drug-likeness (QED) is 0.517. The Hall–Kier alpha value is -3.17. The zero-order valence-corrected chi connectivity index (χ0v) is 17.3. The van der Waals surface area contributed by atoms with E-state index in [-0.39, 0.29) is 0 Å². The van der Waals surface area contributed by atoms with Gasteiger partial charge in [-0.2, -0.15) is 0 Å². The zero-order valence-electron chi connectivity index (χ0n) is 17.3. The first-order chi connectivity index (χ1) is 14.7. The van der Waals surface area contributed by atoms with Crippen LogP contribution in [0.2, 0.25) is 0 Å². The van der Waals surface area contributed by atoms with Gasteiger partial charge in [0.05, 0.1) is 11.6 Å². The maximum Gasteiger partial charge on any atom is 0.231 e. The highest BCUT2D eigenvalue weighted by Crippen LogP contribution is 2.34. The molecule has 5 rings (SSSR count). The Labute approximate surface area is 174 Å². The van der Waals surface area contributed by atoms with E-state index in [2.05, 4.69) is 25.3 Å². The SMILES string of the molecule is CNC.NCCOc1ccc2ncc(-c3cc4c(N5CCCC5)nccc4o3)n2n1. The van der Waals surface area contributed by atoms with Gasteiger partial charge in [-0.05, 0) is 45.1 Å². The van der Waals surface area contributed by atoms with Gasteiger partial charge in [0.1, 0.15) is 23.7 Å². The fourth-order valence-corrected chi connectivity index (χ4v) is 3.52. The summed E-state index contributed by atoms with van der Waals surface area (Å²) in [5, 5.41) is 8.27. The van der Waals surface area contributed by atoms with Crippen LogP contribution in [0.1, 0.15) is 12.8 Å². The van der Waals surface area contributed by atoms with E-state index < -0.39 is 0 Å². The molecule has 0 bridgehead atoms. The van der Waals surface area contributed by atoms with Crippen molar-refractivity contribution in [2.75, 3.05) is 45.2 Å². The molecule has 1 aliphatic heterocycles. The van der Waals surface area contributed by atoms with E-state index >= 15 is 0 Å². The van der Waals surface area contributed by atoms with Gasteiger partial charge < -0.3 is 25.1 Å². The number of nitrogens with two attached hydrogens (primary N) is 1. The lowest BCUT2D eigenvalue weighted by atomic mass is 10.2. The maximum atomic E-state index is 6.11. The Morgan fingerprint density at radius 2 is 1.97 bits per heavy atom. The van der Waals surface area contributed by atoms with E-state index in [1.807, 2.05) is 32.3 Å². The third kappa shape index (κ3) is 3.94. The predicted molar refractivity (Wildman–Crippen MR) is 117 cm³/mol. The van der Waals surface area contributed by atoms with Crippen LogP contribution >= 0.6 is 0 Å². The molecule has 0 radical (unpaired) electrons. The molecule has 4 aromatic rings. The molecule has 9 heteroatoms. The minimum atomic E-state index is 0.415. The van der Waals surface area contributed by atoms with E-state index in [1.165, 1.54) is 12.8 Å². The largest absolute Gasteiger partial charge is 0.475 e. The molecule has 9 nitrogen and oxygen atoms in total. The van der Waals surface area contributed by atoms with Crippen LogP contribution in [-0.2, 0) is 0 Å². The fourth-order valence-electron chi connectivity index (χ4n) is 3.52. The molecule has 5 heterocycles. The first-order valence-corrected chi connectivity index (χ1v) is 10.1. The van der Waals surface area contributed by atoms with Crippen molar-refractivity contribution in [1.29, 1.82) is 0 Å². The van der Waals surface area contributed by atoms with Crippen LogP contribution in [-0.4, -0.2) is 59.9 Å². The Balaban J connectivity index is 0.000000687. The second kappa shape index (κ2) is 9.10. The molecular formula is C21H27N7O2. The number of furan rings is 1. The lowest BCUT2D eigenvalue weighted by Crippen LogP contribution is -2.18. The predicted octanol–water partition coefficient (Wildman–Crippen LogP) is 2.31. The molecule has 30 heavy (non-hydrogen) atoms. The molecule has 3 N–H and O–H groups in total. The lowest BCUT2D eigenvalue weighted by molar-refractivity contribution is 0.310. The topological polar surface area (TPSA) is 107 Å². The molecule has 0 saturated carbocycles. The number of ether oxygens (including phenoxy) is 1. The van der Waals surface area contributed by atoms with Crippen molar-refractivity contribution >= 4 is 22.4 Å². The fraction of sp³-hybridized carbons (Fsp3) is 0.381. The maximum absolute atomic E-state index is 6.11. The summed E-state index contributed by atoms with van der Waals surface area (Å²) in [6, 6.07) is 7.57. The number of nitrogens with zero attached hydrogens (tertiary/aromatic N) is 5. The van der Waals surface area contributed by atoms with Gasteiger partial charge in [-0.15, -0.1) is 5.10 Å². The summed E-state index contributed by atoms with van der Waals surface area (Å²) in [4.78, 5) is 11.3. The summed E-state index contributed by atoms with van der Waals surface area (Å²) in [5.41, 5.74) is 7.81. The van der Waals surface area contributed by atoms with E-state index in [1.54, 1.807) is 23.0 Å². The highest BCUT2D eigenvalue weighted by molar-refractivity contribution is 5.92. The van der Waals surface area contributed by atoms with Crippen molar-refractivity contribution in [1.82, 2.24) is 24.9 Å². The Bertz CT molecular complexity index is 1120. The van der Waals surface area contributed by atoms with E-state index in [0.717, 1.165) is 41.2 Å². The molecule has 4 aromatic heterocycles. The van der Waals surface area contributed by atoms with Gasteiger partial charge in [0, 0.05) is 31.9 Å².